The van der Waals surface area contributed by atoms with E-state index in [4.69, 9.17) is 19.6 Å². The van der Waals surface area contributed by atoms with Crippen LogP contribution in [-0.2, 0) is 16.1 Å². The van der Waals surface area contributed by atoms with Gasteiger partial charge in [0.1, 0.15) is 26.0 Å². The van der Waals surface area contributed by atoms with Crippen LogP contribution in [0.5, 0.6) is 0 Å². The van der Waals surface area contributed by atoms with Crippen molar-refractivity contribution in [2.24, 2.45) is 11.8 Å². The Labute approximate surface area is 253 Å². The summed E-state index contributed by atoms with van der Waals surface area (Å²) in [4.78, 5) is 11.8. The van der Waals surface area contributed by atoms with Crippen LogP contribution >= 0.6 is 0 Å². The third-order valence-corrected chi connectivity index (χ3v) is 12.3. The second kappa shape index (κ2) is 13.2. The summed E-state index contributed by atoms with van der Waals surface area (Å²) in [5.41, 5.74) is 4.18. The molecule has 3 atom stereocenters. The molecule has 0 spiro atoms. The summed E-state index contributed by atoms with van der Waals surface area (Å²) in [7, 11) is -2.42. The van der Waals surface area contributed by atoms with Crippen molar-refractivity contribution in [2.75, 3.05) is 31.6 Å². The van der Waals surface area contributed by atoms with Crippen molar-refractivity contribution in [2.45, 2.75) is 96.1 Å². The number of alkyl halides is 1. The summed E-state index contributed by atoms with van der Waals surface area (Å²) in [6, 6.07) is 8.14. The summed E-state index contributed by atoms with van der Waals surface area (Å²) in [5, 5.41) is 4.84. The summed E-state index contributed by atoms with van der Waals surface area (Å²) in [6.45, 7) is 16.1. The molecular weight excluding hydrogens is 562 g/mol. The first-order chi connectivity index (χ1) is 20.0. The molecule has 3 aromatic heterocycles. The van der Waals surface area contributed by atoms with Crippen LogP contribution in [0.1, 0.15) is 49.4 Å². The van der Waals surface area contributed by atoms with Crippen molar-refractivity contribution in [1.29, 1.82) is 0 Å². The molecule has 2 aliphatic carbocycles. The number of hydrogen-bond donors (Lipinski definition) is 0. The van der Waals surface area contributed by atoms with Crippen molar-refractivity contribution < 1.29 is 13.9 Å². The average Bonchev–Trinajstić information content (AvgIpc) is 3.52. The molecule has 0 aliphatic heterocycles. The van der Waals surface area contributed by atoms with E-state index in [0.29, 0.717) is 25.1 Å². The molecule has 0 N–H and O–H groups in total. The number of hydrogen-bond acceptors (Lipinski definition) is 6. The quantitative estimate of drug-likeness (QED) is 0.105. The number of aromatic nitrogens is 4. The molecule has 5 rings (SSSR count). The average molecular weight is 612 g/mol. The van der Waals surface area contributed by atoms with E-state index in [1.54, 1.807) is 12.3 Å². The van der Waals surface area contributed by atoms with Crippen LogP contribution in [0.4, 0.5) is 10.2 Å². The third kappa shape index (κ3) is 8.06. The van der Waals surface area contributed by atoms with Gasteiger partial charge >= 0.3 is 0 Å². The molecule has 2 aliphatic rings. The molecule has 3 aromatic rings. The van der Waals surface area contributed by atoms with Gasteiger partial charge < -0.3 is 14.4 Å². The van der Waals surface area contributed by atoms with E-state index in [9.17, 15) is 4.39 Å². The highest BCUT2D eigenvalue weighted by Gasteiger charge is 2.36. The fourth-order valence-electron chi connectivity index (χ4n) is 6.29. The lowest BCUT2D eigenvalue weighted by Gasteiger charge is -2.30. The van der Waals surface area contributed by atoms with Crippen LogP contribution in [0, 0.1) is 11.8 Å². The topological polar surface area (TPSA) is 64.8 Å². The minimum Gasteiger partial charge on any atom is -0.361 e. The second-order valence-corrected chi connectivity index (χ2v) is 26.2. The van der Waals surface area contributed by atoms with E-state index in [1.165, 1.54) is 32.1 Å². The Morgan fingerprint density at radius 1 is 0.905 bits per heavy atom. The molecule has 0 amide bonds. The van der Waals surface area contributed by atoms with Crippen molar-refractivity contribution in [3.05, 3.63) is 42.0 Å². The Morgan fingerprint density at radius 3 is 2.10 bits per heavy atom. The molecule has 0 saturated heterocycles. The zero-order valence-corrected chi connectivity index (χ0v) is 28.5. The van der Waals surface area contributed by atoms with E-state index in [1.807, 2.05) is 16.8 Å². The smallest absolute Gasteiger partial charge is 0.165 e. The van der Waals surface area contributed by atoms with E-state index < -0.39 is 22.8 Å². The Hall–Kier alpha value is -2.15. The fourth-order valence-corrected chi connectivity index (χ4v) is 7.80. The zero-order valence-electron chi connectivity index (χ0n) is 26.5. The predicted molar refractivity (Wildman–Crippen MR) is 174 cm³/mol. The molecule has 0 unspecified atom stereocenters. The predicted octanol–water partition coefficient (Wildman–Crippen LogP) is 7.99. The molecule has 0 aromatic carbocycles. The van der Waals surface area contributed by atoms with E-state index in [2.05, 4.69) is 55.2 Å². The van der Waals surface area contributed by atoms with E-state index in [0.717, 1.165) is 65.4 Å². The maximum atomic E-state index is 13.2. The Morgan fingerprint density at radius 2 is 1.55 bits per heavy atom. The first-order valence-electron chi connectivity index (χ1n) is 15.8. The number of nitrogens with zero attached hydrogens (tertiary/aromatic N) is 5. The van der Waals surface area contributed by atoms with Gasteiger partial charge in [-0.05, 0) is 49.3 Å². The lowest BCUT2D eigenvalue weighted by atomic mass is 9.79. The van der Waals surface area contributed by atoms with Gasteiger partial charge in [0.15, 0.2) is 5.65 Å². The van der Waals surface area contributed by atoms with Gasteiger partial charge in [-0.1, -0.05) is 58.2 Å². The van der Waals surface area contributed by atoms with Gasteiger partial charge in [0.2, 0.25) is 0 Å². The molecular formula is C32H50FN5O2Si2. The normalized spacial score (nSPS) is 20.9. The van der Waals surface area contributed by atoms with Crippen LogP contribution in [0.3, 0.4) is 0 Å². The molecule has 3 heterocycles. The monoisotopic (exact) mass is 611 g/mol. The maximum Gasteiger partial charge on any atom is 0.165 e. The van der Waals surface area contributed by atoms with Gasteiger partial charge in [-0.3, -0.25) is 4.98 Å². The van der Waals surface area contributed by atoms with Crippen LogP contribution in [-0.4, -0.2) is 62.4 Å². The SMILES string of the molecule is C[Si](C)(C)CCOCN(COCC[Si](C)(C)C)c1cc([C@H]2C[C@@H]3CC[C@@H](C3)C2)nc2c(-c3ccc(CF)nc3)cnn12. The number of rotatable bonds is 14. The van der Waals surface area contributed by atoms with Crippen LogP contribution in [0.2, 0.25) is 51.4 Å². The van der Waals surface area contributed by atoms with Gasteiger partial charge in [-0.15, -0.1) is 0 Å². The Balaban J connectivity index is 1.50. The Kier molecular flexibility index (Phi) is 9.86. The number of halogens is 1. The van der Waals surface area contributed by atoms with Gasteiger partial charge in [0, 0.05) is 64.4 Å². The molecule has 2 bridgehead atoms. The van der Waals surface area contributed by atoms with E-state index in [-0.39, 0.29) is 0 Å². The van der Waals surface area contributed by atoms with E-state index >= 15 is 0 Å². The molecule has 2 fully saturated rings. The summed E-state index contributed by atoms with van der Waals surface area (Å²) in [5.74, 6) is 3.01. The zero-order chi connectivity index (χ0) is 29.9. The van der Waals surface area contributed by atoms with Gasteiger partial charge in [0.25, 0.3) is 0 Å². The molecule has 10 heteroatoms. The highest BCUT2D eigenvalue weighted by Crippen LogP contribution is 2.48. The standard InChI is InChI=1S/C32H50FN5O2Si2/c1-41(2,3)13-11-39-22-37(23-40-12-14-42(4,5)6)31-18-30(27-16-24-7-8-25(15-24)17-27)36-32-29(21-35-38(31)32)26-9-10-28(19-33)34-20-26/h9-10,18,20-21,24-25,27H,7-8,11-17,19,22-23H2,1-6H3/t24-,25+,27+. The number of fused-ring (bicyclic) bond motifs is 3. The fraction of sp³-hybridized carbons (Fsp3) is 0.656. The van der Waals surface area contributed by atoms with Crippen molar-refractivity contribution in [3.8, 4) is 11.1 Å². The molecule has 2 saturated carbocycles. The van der Waals surface area contributed by atoms with Gasteiger partial charge in [-0.25, -0.2) is 9.37 Å². The number of ether oxygens (including phenoxy) is 2. The largest absolute Gasteiger partial charge is 0.361 e. The summed E-state index contributed by atoms with van der Waals surface area (Å²) < 4.78 is 27.7. The number of pyridine rings is 1. The second-order valence-electron chi connectivity index (χ2n) is 15.0. The first kappa shape index (κ1) is 31.3. The summed E-state index contributed by atoms with van der Waals surface area (Å²) in [6.07, 6.45) is 10.1. The lowest BCUT2D eigenvalue weighted by molar-refractivity contribution is 0.0942. The summed E-state index contributed by atoms with van der Waals surface area (Å²) >= 11 is 0. The minimum atomic E-state index is -1.21. The molecule has 0 radical (unpaired) electrons. The van der Waals surface area contributed by atoms with Crippen molar-refractivity contribution >= 4 is 27.6 Å². The van der Waals surface area contributed by atoms with Crippen LogP contribution < -0.4 is 4.90 Å². The minimum absolute atomic E-state index is 0.430. The van der Waals surface area contributed by atoms with Crippen LogP contribution in [0.25, 0.3) is 16.8 Å². The van der Waals surface area contributed by atoms with Crippen molar-refractivity contribution in [3.63, 3.8) is 0 Å². The third-order valence-electron chi connectivity index (χ3n) is 8.86. The van der Waals surface area contributed by atoms with Crippen LogP contribution in [0.15, 0.2) is 30.6 Å². The van der Waals surface area contributed by atoms with Gasteiger partial charge in [0.05, 0.1) is 11.9 Å². The molecule has 230 valence electrons. The van der Waals surface area contributed by atoms with Gasteiger partial charge in [-0.2, -0.15) is 9.61 Å². The maximum absolute atomic E-state index is 13.2. The highest BCUT2D eigenvalue weighted by atomic mass is 28.3. The molecule has 42 heavy (non-hydrogen) atoms. The molecule has 7 nitrogen and oxygen atoms in total. The highest BCUT2D eigenvalue weighted by molar-refractivity contribution is 6.76. The lowest BCUT2D eigenvalue weighted by Crippen LogP contribution is -2.33. The first-order valence-corrected chi connectivity index (χ1v) is 23.2. The Bertz CT molecular complexity index is 1290. The number of anilines is 1. The van der Waals surface area contributed by atoms with Crippen molar-refractivity contribution in [1.82, 2.24) is 19.6 Å².